The van der Waals surface area contributed by atoms with Gasteiger partial charge >= 0.3 is 6.01 Å². The standard InChI is InChI=1S/C22H25ClN4O2.ClH/c23-17-8-10-18(11-9-17)27-15-13-26(14-16-27)12-4-3-7-21(28)25-22-24-19-5-1-2-6-20(19)29-22;/h1-2,5-6,8-11H,3-4,7,12-16H2,(H,24,25,28);1H. The molecule has 1 amide bonds. The van der Waals surface area contributed by atoms with E-state index in [2.05, 4.69) is 32.2 Å². The van der Waals surface area contributed by atoms with Gasteiger partial charge < -0.3 is 9.32 Å². The molecule has 0 radical (unpaired) electrons. The number of hydrogen-bond acceptors (Lipinski definition) is 5. The number of unbranched alkanes of at least 4 members (excludes halogenated alkanes) is 1. The number of carbonyl (C=O) groups is 1. The summed E-state index contributed by atoms with van der Waals surface area (Å²) < 4.78 is 5.53. The van der Waals surface area contributed by atoms with Crippen molar-refractivity contribution in [1.29, 1.82) is 0 Å². The van der Waals surface area contributed by atoms with E-state index in [4.69, 9.17) is 16.0 Å². The fourth-order valence-corrected chi connectivity index (χ4v) is 3.74. The lowest BCUT2D eigenvalue weighted by Gasteiger charge is -2.36. The predicted octanol–water partition coefficient (Wildman–Crippen LogP) is 4.83. The van der Waals surface area contributed by atoms with Crippen LogP contribution in [0.2, 0.25) is 5.02 Å². The number of benzene rings is 2. The van der Waals surface area contributed by atoms with Crippen LogP contribution < -0.4 is 10.2 Å². The first-order chi connectivity index (χ1) is 14.2. The van der Waals surface area contributed by atoms with E-state index in [9.17, 15) is 4.79 Å². The lowest BCUT2D eigenvalue weighted by Crippen LogP contribution is -2.46. The zero-order chi connectivity index (χ0) is 20.1. The van der Waals surface area contributed by atoms with Gasteiger partial charge in [0.25, 0.3) is 0 Å². The average molecular weight is 449 g/mol. The number of anilines is 2. The number of amides is 1. The second-order valence-corrected chi connectivity index (χ2v) is 7.73. The number of halogens is 2. The zero-order valence-electron chi connectivity index (χ0n) is 16.7. The topological polar surface area (TPSA) is 61.6 Å². The van der Waals surface area contributed by atoms with Crippen molar-refractivity contribution >= 4 is 52.7 Å². The molecular weight excluding hydrogens is 423 g/mol. The van der Waals surface area contributed by atoms with Crippen molar-refractivity contribution in [2.75, 3.05) is 42.9 Å². The van der Waals surface area contributed by atoms with E-state index in [1.54, 1.807) is 0 Å². The first-order valence-electron chi connectivity index (χ1n) is 10.1. The van der Waals surface area contributed by atoms with E-state index in [1.807, 2.05) is 36.4 Å². The molecule has 1 aromatic heterocycles. The smallest absolute Gasteiger partial charge is 0.302 e. The van der Waals surface area contributed by atoms with Gasteiger partial charge in [-0.1, -0.05) is 23.7 Å². The molecule has 0 unspecified atom stereocenters. The van der Waals surface area contributed by atoms with Crippen LogP contribution in [0.4, 0.5) is 11.7 Å². The number of oxazole rings is 1. The van der Waals surface area contributed by atoms with Crippen LogP contribution in [0.15, 0.2) is 52.9 Å². The van der Waals surface area contributed by atoms with E-state index >= 15 is 0 Å². The molecule has 0 bridgehead atoms. The van der Waals surface area contributed by atoms with Crippen molar-refractivity contribution in [2.24, 2.45) is 0 Å². The van der Waals surface area contributed by atoms with Crippen molar-refractivity contribution in [3.05, 3.63) is 53.6 Å². The molecule has 1 N–H and O–H groups in total. The third-order valence-corrected chi connectivity index (χ3v) is 5.48. The second kappa shape index (κ2) is 10.7. The van der Waals surface area contributed by atoms with Crippen LogP contribution in [-0.2, 0) is 4.79 Å². The Hall–Kier alpha value is -2.28. The van der Waals surface area contributed by atoms with Gasteiger partial charge in [-0.25, -0.2) is 0 Å². The van der Waals surface area contributed by atoms with Gasteiger partial charge in [0, 0.05) is 43.3 Å². The Morgan fingerprint density at radius 3 is 2.50 bits per heavy atom. The maximum absolute atomic E-state index is 12.1. The quantitative estimate of drug-likeness (QED) is 0.524. The molecule has 0 spiro atoms. The molecule has 1 aliphatic rings. The minimum absolute atomic E-state index is 0. The Balaban J connectivity index is 0.00000256. The number of nitrogens with zero attached hydrogens (tertiary/aromatic N) is 3. The van der Waals surface area contributed by atoms with Gasteiger partial charge in [0.15, 0.2) is 5.58 Å². The van der Waals surface area contributed by atoms with Crippen LogP contribution in [0.3, 0.4) is 0 Å². The summed E-state index contributed by atoms with van der Waals surface area (Å²) in [6, 6.07) is 15.8. The van der Waals surface area contributed by atoms with Crippen LogP contribution in [-0.4, -0.2) is 48.5 Å². The van der Waals surface area contributed by atoms with Crippen LogP contribution in [0.1, 0.15) is 19.3 Å². The molecule has 1 fully saturated rings. The van der Waals surface area contributed by atoms with Crippen LogP contribution in [0, 0.1) is 0 Å². The number of rotatable bonds is 7. The van der Waals surface area contributed by atoms with Gasteiger partial charge in [0.05, 0.1) is 0 Å². The molecule has 160 valence electrons. The molecule has 1 saturated heterocycles. The third kappa shape index (κ3) is 5.88. The zero-order valence-corrected chi connectivity index (χ0v) is 18.3. The first-order valence-corrected chi connectivity index (χ1v) is 10.4. The molecule has 4 rings (SSSR count). The number of aromatic nitrogens is 1. The maximum Gasteiger partial charge on any atom is 0.302 e. The van der Waals surface area contributed by atoms with Crippen molar-refractivity contribution < 1.29 is 9.21 Å². The highest BCUT2D eigenvalue weighted by molar-refractivity contribution is 6.30. The SMILES string of the molecule is Cl.O=C(CCCCN1CCN(c2ccc(Cl)cc2)CC1)Nc1nc2ccccc2o1. The number of piperazine rings is 1. The van der Waals surface area contributed by atoms with E-state index in [1.165, 1.54) is 5.69 Å². The summed E-state index contributed by atoms with van der Waals surface area (Å²) in [5.41, 5.74) is 2.66. The Labute approximate surface area is 187 Å². The molecule has 8 heteroatoms. The summed E-state index contributed by atoms with van der Waals surface area (Å²) in [4.78, 5) is 21.2. The van der Waals surface area contributed by atoms with E-state index in [0.29, 0.717) is 12.0 Å². The minimum atomic E-state index is -0.0517. The average Bonchev–Trinajstić information content (AvgIpc) is 3.14. The number of para-hydroxylation sites is 2. The molecule has 1 aliphatic heterocycles. The largest absolute Gasteiger partial charge is 0.423 e. The highest BCUT2D eigenvalue weighted by Gasteiger charge is 2.17. The maximum atomic E-state index is 12.1. The highest BCUT2D eigenvalue weighted by atomic mass is 35.5. The molecule has 0 saturated carbocycles. The molecule has 6 nitrogen and oxygen atoms in total. The van der Waals surface area contributed by atoms with Crippen molar-refractivity contribution in [3.63, 3.8) is 0 Å². The first kappa shape index (κ1) is 22.4. The fraction of sp³-hybridized carbons (Fsp3) is 0.364. The molecule has 0 atom stereocenters. The Kier molecular flexibility index (Phi) is 7.96. The number of nitrogens with one attached hydrogen (secondary N) is 1. The van der Waals surface area contributed by atoms with Gasteiger partial charge in [-0.2, -0.15) is 4.98 Å². The lowest BCUT2D eigenvalue weighted by atomic mass is 10.2. The van der Waals surface area contributed by atoms with E-state index in [-0.39, 0.29) is 24.3 Å². The van der Waals surface area contributed by atoms with Gasteiger partial charge in [-0.15, -0.1) is 12.4 Å². The minimum Gasteiger partial charge on any atom is -0.423 e. The van der Waals surface area contributed by atoms with Crippen LogP contribution in [0.25, 0.3) is 11.1 Å². The summed E-state index contributed by atoms with van der Waals surface area (Å²) in [6.07, 6.45) is 2.33. The second-order valence-electron chi connectivity index (χ2n) is 7.30. The van der Waals surface area contributed by atoms with Crippen LogP contribution >= 0.6 is 24.0 Å². The molecule has 2 heterocycles. The summed E-state index contributed by atoms with van der Waals surface area (Å²) >= 11 is 5.97. The molecule has 2 aromatic carbocycles. The normalized spacial score (nSPS) is 14.5. The third-order valence-electron chi connectivity index (χ3n) is 5.23. The molecule has 3 aromatic rings. The van der Waals surface area contributed by atoms with Crippen molar-refractivity contribution in [3.8, 4) is 0 Å². The van der Waals surface area contributed by atoms with Crippen molar-refractivity contribution in [2.45, 2.75) is 19.3 Å². The molecule has 0 aliphatic carbocycles. The van der Waals surface area contributed by atoms with Gasteiger partial charge in [0.2, 0.25) is 5.91 Å². The van der Waals surface area contributed by atoms with Gasteiger partial charge in [0.1, 0.15) is 5.52 Å². The van der Waals surface area contributed by atoms with Gasteiger partial charge in [-0.05, 0) is 55.8 Å². The molecular formula is C22H26Cl2N4O2. The Morgan fingerprint density at radius 2 is 1.77 bits per heavy atom. The van der Waals surface area contributed by atoms with Crippen LogP contribution in [0.5, 0.6) is 0 Å². The fourth-order valence-electron chi connectivity index (χ4n) is 3.61. The number of hydrogen-bond donors (Lipinski definition) is 1. The number of fused-ring (bicyclic) bond motifs is 1. The molecule has 30 heavy (non-hydrogen) atoms. The number of carbonyl (C=O) groups excluding carboxylic acids is 1. The van der Waals surface area contributed by atoms with Gasteiger partial charge in [-0.3, -0.25) is 15.0 Å². The summed E-state index contributed by atoms with van der Waals surface area (Å²) in [7, 11) is 0. The summed E-state index contributed by atoms with van der Waals surface area (Å²) in [5, 5.41) is 3.52. The highest BCUT2D eigenvalue weighted by Crippen LogP contribution is 2.20. The Bertz CT molecular complexity index is 920. The summed E-state index contributed by atoms with van der Waals surface area (Å²) in [5.74, 6) is -0.0517. The van der Waals surface area contributed by atoms with Crippen molar-refractivity contribution in [1.82, 2.24) is 9.88 Å². The monoisotopic (exact) mass is 448 g/mol. The summed E-state index contributed by atoms with van der Waals surface area (Å²) in [6.45, 7) is 5.12. The predicted molar refractivity (Wildman–Crippen MR) is 124 cm³/mol. The van der Waals surface area contributed by atoms with E-state index in [0.717, 1.165) is 56.1 Å². The van der Waals surface area contributed by atoms with E-state index < -0.39 is 0 Å². The Morgan fingerprint density at radius 1 is 1.03 bits per heavy atom. The lowest BCUT2D eigenvalue weighted by molar-refractivity contribution is -0.116.